The maximum Gasteiger partial charge on any atom is -0.0471 e. The second-order valence-corrected chi connectivity index (χ2v) is 3.54. The molecular formula is C15H38. The Morgan fingerprint density at radius 3 is 1.00 bits per heavy atom. The first-order valence-corrected chi connectivity index (χ1v) is 7.18. The lowest BCUT2D eigenvalue weighted by Gasteiger charge is -1.95. The van der Waals surface area contributed by atoms with Gasteiger partial charge in [0, 0.05) is 0 Å². The molecule has 0 heterocycles. The van der Waals surface area contributed by atoms with Crippen molar-refractivity contribution < 1.29 is 0 Å². The average Bonchev–Trinajstić information content (AvgIpc) is 2.25. The number of hydrogen-bond acceptors (Lipinski definition) is 0. The normalized spacial score (nSPS) is 7.60. The molecule has 0 radical (unpaired) electrons. The van der Waals surface area contributed by atoms with Crippen molar-refractivity contribution in [2.75, 3.05) is 0 Å². The van der Waals surface area contributed by atoms with Crippen molar-refractivity contribution in [2.45, 2.75) is 94.4 Å². The molecule has 0 bridgehead atoms. The van der Waals surface area contributed by atoms with E-state index < -0.39 is 0 Å². The average molecular weight is 218 g/mol. The van der Waals surface area contributed by atoms with Crippen molar-refractivity contribution in [1.29, 1.82) is 0 Å². The van der Waals surface area contributed by atoms with Crippen LogP contribution < -0.4 is 0 Å². The zero-order chi connectivity index (χ0) is 13.1. The van der Waals surface area contributed by atoms with Crippen molar-refractivity contribution in [3.8, 4) is 0 Å². The standard InChI is InChI=1S/C6H14.C5H12.2C2H6/c1-4-5-6(2)3;1-3-5-4-2;2*1-2/h6H,4-5H2,1-3H3;3-5H2,1-2H3;2*1-2H3. The number of hydrogen-bond donors (Lipinski definition) is 0. The lowest BCUT2D eigenvalue weighted by molar-refractivity contribution is 0.576. The monoisotopic (exact) mass is 218 g/mol. The molecule has 0 aromatic rings. The highest BCUT2D eigenvalue weighted by Crippen LogP contribution is 2.00. The molecule has 15 heavy (non-hydrogen) atoms. The third-order valence-corrected chi connectivity index (χ3v) is 1.57. The molecule has 0 rings (SSSR count). The molecule has 0 heteroatoms. The van der Waals surface area contributed by atoms with E-state index in [-0.39, 0.29) is 0 Å². The van der Waals surface area contributed by atoms with Crippen LogP contribution in [0.2, 0.25) is 0 Å². The summed E-state index contributed by atoms with van der Waals surface area (Å²) in [7, 11) is 0. The highest BCUT2D eigenvalue weighted by Gasteiger charge is 1.85. The predicted octanol–water partition coefficient (Wildman–Crippen LogP) is 6.69. The molecule has 0 nitrogen and oxygen atoms in total. The molecular weight excluding hydrogens is 180 g/mol. The van der Waals surface area contributed by atoms with Gasteiger partial charge in [-0.3, -0.25) is 0 Å². The lowest BCUT2D eigenvalue weighted by Crippen LogP contribution is -1.81. The van der Waals surface area contributed by atoms with Gasteiger partial charge in [-0.25, -0.2) is 0 Å². The second-order valence-electron chi connectivity index (χ2n) is 3.54. The van der Waals surface area contributed by atoms with Crippen LogP contribution in [0.15, 0.2) is 0 Å². The van der Waals surface area contributed by atoms with E-state index in [2.05, 4.69) is 34.6 Å². The largest absolute Gasteiger partial charge is 0.0683 e. The van der Waals surface area contributed by atoms with Gasteiger partial charge in [-0.2, -0.15) is 0 Å². The Balaban J connectivity index is -0.0000000610. The van der Waals surface area contributed by atoms with Crippen LogP contribution in [0.4, 0.5) is 0 Å². The van der Waals surface area contributed by atoms with E-state index in [1.807, 2.05) is 27.7 Å². The fraction of sp³-hybridized carbons (Fsp3) is 1.00. The van der Waals surface area contributed by atoms with Crippen molar-refractivity contribution in [2.24, 2.45) is 5.92 Å². The Morgan fingerprint density at radius 1 is 0.667 bits per heavy atom. The minimum Gasteiger partial charge on any atom is -0.0683 e. The van der Waals surface area contributed by atoms with Crippen LogP contribution in [-0.4, -0.2) is 0 Å². The Kier molecular flexibility index (Phi) is 59.9. The zero-order valence-electron chi connectivity index (χ0n) is 13.1. The smallest absolute Gasteiger partial charge is 0.0471 e. The molecule has 0 aromatic carbocycles. The van der Waals surface area contributed by atoms with Gasteiger partial charge in [0.25, 0.3) is 0 Å². The first-order valence-electron chi connectivity index (χ1n) is 7.18. The summed E-state index contributed by atoms with van der Waals surface area (Å²) in [6, 6.07) is 0. The van der Waals surface area contributed by atoms with E-state index in [0.717, 1.165) is 5.92 Å². The first-order chi connectivity index (χ1) is 7.18. The summed E-state index contributed by atoms with van der Waals surface area (Å²) in [5.74, 6) is 0.898. The molecule has 0 unspecified atom stereocenters. The van der Waals surface area contributed by atoms with Crippen LogP contribution in [0.25, 0.3) is 0 Å². The highest BCUT2D eigenvalue weighted by atomic mass is 13.9. The van der Waals surface area contributed by atoms with Crippen LogP contribution in [0, 0.1) is 5.92 Å². The van der Waals surface area contributed by atoms with Gasteiger partial charge >= 0.3 is 0 Å². The molecule has 0 spiro atoms. The summed E-state index contributed by atoms with van der Waals surface area (Å²) in [4.78, 5) is 0. The molecule has 0 aliphatic heterocycles. The molecule has 0 aliphatic rings. The Bertz CT molecular complexity index is 44.0. The Morgan fingerprint density at radius 2 is 1.00 bits per heavy atom. The van der Waals surface area contributed by atoms with Crippen molar-refractivity contribution >= 4 is 0 Å². The summed E-state index contributed by atoms with van der Waals surface area (Å²) in [6.07, 6.45) is 6.78. The molecule has 0 aliphatic carbocycles. The van der Waals surface area contributed by atoms with Crippen LogP contribution >= 0.6 is 0 Å². The lowest BCUT2D eigenvalue weighted by atomic mass is 10.1. The van der Waals surface area contributed by atoms with Gasteiger partial charge in [0.15, 0.2) is 0 Å². The van der Waals surface area contributed by atoms with Gasteiger partial charge in [-0.05, 0) is 5.92 Å². The molecule has 98 valence electrons. The van der Waals surface area contributed by atoms with E-state index in [1.165, 1.54) is 32.1 Å². The maximum absolute atomic E-state index is 2.25. The third kappa shape index (κ3) is 80.6. The number of rotatable bonds is 4. The van der Waals surface area contributed by atoms with Crippen molar-refractivity contribution in [3.05, 3.63) is 0 Å². The zero-order valence-corrected chi connectivity index (χ0v) is 13.1. The van der Waals surface area contributed by atoms with Gasteiger partial charge in [0.05, 0.1) is 0 Å². The van der Waals surface area contributed by atoms with Gasteiger partial charge in [0.2, 0.25) is 0 Å². The summed E-state index contributed by atoms with van der Waals surface area (Å²) in [5, 5.41) is 0. The maximum atomic E-state index is 2.25. The van der Waals surface area contributed by atoms with Gasteiger partial charge < -0.3 is 0 Å². The van der Waals surface area contributed by atoms with Gasteiger partial charge in [-0.15, -0.1) is 0 Å². The molecule has 0 saturated heterocycles. The minimum absolute atomic E-state index is 0.898. The summed E-state index contributed by atoms with van der Waals surface area (Å²) in [6.45, 7) is 19.2. The van der Waals surface area contributed by atoms with Crippen LogP contribution in [0.3, 0.4) is 0 Å². The van der Waals surface area contributed by atoms with Crippen LogP contribution in [-0.2, 0) is 0 Å². The van der Waals surface area contributed by atoms with E-state index in [0.29, 0.717) is 0 Å². The first kappa shape index (κ1) is 24.3. The van der Waals surface area contributed by atoms with Crippen LogP contribution in [0.5, 0.6) is 0 Å². The summed E-state index contributed by atoms with van der Waals surface area (Å²) < 4.78 is 0. The van der Waals surface area contributed by atoms with Crippen LogP contribution in [0.1, 0.15) is 94.4 Å². The van der Waals surface area contributed by atoms with E-state index in [4.69, 9.17) is 0 Å². The van der Waals surface area contributed by atoms with E-state index >= 15 is 0 Å². The highest BCUT2D eigenvalue weighted by molar-refractivity contribution is 4.38. The molecule has 0 atom stereocenters. The fourth-order valence-corrected chi connectivity index (χ4v) is 0.931. The van der Waals surface area contributed by atoms with Crippen molar-refractivity contribution in [1.82, 2.24) is 0 Å². The van der Waals surface area contributed by atoms with Crippen molar-refractivity contribution in [3.63, 3.8) is 0 Å². The van der Waals surface area contributed by atoms with E-state index in [9.17, 15) is 0 Å². The van der Waals surface area contributed by atoms with Gasteiger partial charge in [-0.1, -0.05) is 94.4 Å². The molecule has 0 aromatic heterocycles. The predicted molar refractivity (Wildman–Crippen MR) is 77.6 cm³/mol. The minimum atomic E-state index is 0.898. The summed E-state index contributed by atoms with van der Waals surface area (Å²) in [5.41, 5.74) is 0. The number of unbranched alkanes of at least 4 members (excludes halogenated alkanes) is 2. The van der Waals surface area contributed by atoms with E-state index in [1.54, 1.807) is 0 Å². The molecule has 0 amide bonds. The Hall–Kier alpha value is 0. The SMILES string of the molecule is CC.CC.CCCC(C)C.CCCCC. The third-order valence-electron chi connectivity index (χ3n) is 1.57. The quantitative estimate of drug-likeness (QED) is 0.493. The summed E-state index contributed by atoms with van der Waals surface area (Å²) >= 11 is 0. The molecule has 0 fully saturated rings. The topological polar surface area (TPSA) is 0 Å². The van der Waals surface area contributed by atoms with Gasteiger partial charge in [0.1, 0.15) is 0 Å². The molecule has 0 N–H and O–H groups in total. The fourth-order valence-electron chi connectivity index (χ4n) is 0.931. The Labute approximate surface area is 101 Å². The molecule has 0 saturated carbocycles. The second kappa shape index (κ2) is 37.0.